The molecule has 1 amide bonds. The van der Waals surface area contributed by atoms with E-state index in [9.17, 15) is 13.2 Å². The van der Waals surface area contributed by atoms with Crippen LogP contribution in [0.1, 0.15) is 20.3 Å². The topological polar surface area (TPSA) is 118 Å². The van der Waals surface area contributed by atoms with Gasteiger partial charge in [-0.1, -0.05) is 0 Å². The van der Waals surface area contributed by atoms with Crippen molar-refractivity contribution in [2.45, 2.75) is 30.8 Å². The first-order valence-corrected chi connectivity index (χ1v) is 6.02. The molecule has 0 aliphatic heterocycles. The molecule has 1 aromatic rings. The Morgan fingerprint density at radius 2 is 2.25 bits per heavy atom. The van der Waals surface area contributed by atoms with Gasteiger partial charge in [0.25, 0.3) is 10.0 Å². The maximum absolute atomic E-state index is 11.8. The molecule has 8 heteroatoms. The minimum Gasteiger partial charge on any atom is -0.370 e. The number of nitrogens with two attached hydrogens (primary N) is 1. The lowest BCUT2D eigenvalue weighted by atomic mass is 10.0. The van der Waals surface area contributed by atoms with Crippen LogP contribution >= 0.6 is 0 Å². The van der Waals surface area contributed by atoms with Crippen LogP contribution < -0.4 is 10.5 Å². The van der Waals surface area contributed by atoms with E-state index < -0.39 is 21.5 Å². The second-order valence-corrected chi connectivity index (χ2v) is 5.70. The van der Waals surface area contributed by atoms with Gasteiger partial charge in [-0.3, -0.25) is 4.79 Å². The van der Waals surface area contributed by atoms with Crippen molar-refractivity contribution in [2.75, 3.05) is 0 Å². The first kappa shape index (κ1) is 12.7. The Labute approximate surface area is 93.5 Å². The van der Waals surface area contributed by atoms with Crippen LogP contribution in [0.25, 0.3) is 0 Å². The highest BCUT2D eigenvalue weighted by Crippen LogP contribution is 2.13. The molecule has 0 saturated heterocycles. The Kier molecular flexibility index (Phi) is 3.34. The van der Waals surface area contributed by atoms with Crippen molar-refractivity contribution in [1.29, 1.82) is 0 Å². The lowest BCUT2D eigenvalue weighted by molar-refractivity contribution is -0.119. The number of primary amides is 1. The summed E-state index contributed by atoms with van der Waals surface area (Å²) in [5.74, 6) is -0.572. The van der Waals surface area contributed by atoms with Crippen LogP contribution in [0.15, 0.2) is 17.6 Å². The number of rotatable bonds is 5. The summed E-state index contributed by atoms with van der Waals surface area (Å²) in [6.45, 7) is 3.15. The third kappa shape index (κ3) is 3.31. The quantitative estimate of drug-likeness (QED) is 0.639. The Hall–Kier alpha value is -1.41. The molecule has 0 aliphatic carbocycles. The molecule has 0 unspecified atom stereocenters. The molecule has 0 aromatic carbocycles. The van der Waals surface area contributed by atoms with E-state index in [1.807, 2.05) is 0 Å². The molecular formula is C8H14N4O3S. The van der Waals surface area contributed by atoms with Crippen molar-refractivity contribution >= 4 is 15.9 Å². The fraction of sp³-hybridized carbons (Fsp3) is 0.500. The van der Waals surface area contributed by atoms with E-state index in [4.69, 9.17) is 5.73 Å². The minimum absolute atomic E-state index is 0.0509. The maximum Gasteiger partial charge on any atom is 0.258 e. The average Bonchev–Trinajstić information content (AvgIpc) is 2.48. The molecule has 0 radical (unpaired) electrons. The summed E-state index contributed by atoms with van der Waals surface area (Å²) in [7, 11) is -3.70. The zero-order chi connectivity index (χ0) is 12.4. The van der Waals surface area contributed by atoms with Gasteiger partial charge in [-0.15, -0.1) is 0 Å². The summed E-state index contributed by atoms with van der Waals surface area (Å²) in [4.78, 5) is 16.8. The highest BCUT2D eigenvalue weighted by molar-refractivity contribution is 7.89. The van der Waals surface area contributed by atoms with Gasteiger partial charge in [0.2, 0.25) is 5.91 Å². The molecule has 0 fully saturated rings. The molecule has 0 atom stereocenters. The predicted molar refractivity (Wildman–Crippen MR) is 56.8 cm³/mol. The third-order valence-corrected chi connectivity index (χ3v) is 3.41. The monoisotopic (exact) mass is 246 g/mol. The number of nitrogens with zero attached hydrogens (tertiary/aromatic N) is 1. The van der Waals surface area contributed by atoms with Crippen LogP contribution in [0.2, 0.25) is 0 Å². The van der Waals surface area contributed by atoms with Crippen molar-refractivity contribution in [3.8, 4) is 0 Å². The highest BCUT2D eigenvalue weighted by atomic mass is 32.2. The lowest BCUT2D eigenvalue weighted by Crippen LogP contribution is -2.45. The van der Waals surface area contributed by atoms with E-state index in [0.717, 1.165) is 0 Å². The van der Waals surface area contributed by atoms with Crippen LogP contribution in [0.3, 0.4) is 0 Å². The number of hydrogen-bond acceptors (Lipinski definition) is 4. The van der Waals surface area contributed by atoms with Crippen LogP contribution in [0.4, 0.5) is 0 Å². The lowest BCUT2D eigenvalue weighted by Gasteiger charge is -2.23. The number of nitrogens with one attached hydrogen (secondary N) is 2. The summed E-state index contributed by atoms with van der Waals surface area (Å²) in [6.07, 6.45) is 2.36. The Morgan fingerprint density at radius 1 is 1.62 bits per heavy atom. The van der Waals surface area contributed by atoms with Crippen molar-refractivity contribution in [2.24, 2.45) is 5.73 Å². The van der Waals surface area contributed by atoms with Gasteiger partial charge in [0.05, 0.1) is 12.5 Å². The van der Waals surface area contributed by atoms with Crippen molar-refractivity contribution in [1.82, 2.24) is 14.7 Å². The third-order valence-electron chi connectivity index (χ3n) is 1.79. The summed E-state index contributed by atoms with van der Waals surface area (Å²) in [6, 6.07) is 0. The van der Waals surface area contributed by atoms with Gasteiger partial charge in [0, 0.05) is 12.0 Å². The van der Waals surface area contributed by atoms with Crippen molar-refractivity contribution in [3.05, 3.63) is 12.5 Å². The first-order valence-electron chi connectivity index (χ1n) is 4.54. The van der Waals surface area contributed by atoms with Crippen molar-refractivity contribution in [3.63, 3.8) is 0 Å². The van der Waals surface area contributed by atoms with Gasteiger partial charge in [-0.25, -0.2) is 18.1 Å². The molecule has 7 nitrogen and oxygen atoms in total. The van der Waals surface area contributed by atoms with Crippen LogP contribution in [0.5, 0.6) is 0 Å². The van der Waals surface area contributed by atoms with Gasteiger partial charge in [-0.05, 0) is 13.8 Å². The number of carbonyl (C=O) groups is 1. The number of carbonyl (C=O) groups excluding carboxylic acids is 1. The minimum atomic E-state index is -3.70. The van der Waals surface area contributed by atoms with Gasteiger partial charge < -0.3 is 10.7 Å². The molecule has 90 valence electrons. The maximum atomic E-state index is 11.8. The molecule has 0 spiro atoms. The van der Waals surface area contributed by atoms with E-state index in [2.05, 4.69) is 14.7 Å². The standard InChI is InChI=1S/C8H14N4O3S/c1-8(2,3-6(9)13)12-16(14,15)7-4-10-5-11-7/h4-5,12H,3H2,1-2H3,(H2,9,13)(H,10,11). The normalized spacial score (nSPS) is 12.6. The number of H-pyrrole nitrogens is 1. The molecule has 0 saturated carbocycles. The first-order chi connectivity index (χ1) is 7.23. The van der Waals surface area contributed by atoms with Gasteiger partial charge in [0.1, 0.15) is 0 Å². The smallest absolute Gasteiger partial charge is 0.258 e. The highest BCUT2D eigenvalue weighted by Gasteiger charge is 2.28. The molecule has 4 N–H and O–H groups in total. The van der Waals surface area contributed by atoms with Crippen LogP contribution in [0, 0.1) is 0 Å². The largest absolute Gasteiger partial charge is 0.370 e. The van der Waals surface area contributed by atoms with E-state index in [1.54, 1.807) is 13.8 Å². The van der Waals surface area contributed by atoms with E-state index in [-0.39, 0.29) is 11.4 Å². The number of imidazole rings is 1. The molecular weight excluding hydrogens is 232 g/mol. The van der Waals surface area contributed by atoms with Crippen LogP contribution in [-0.4, -0.2) is 29.8 Å². The number of sulfonamides is 1. The Balaban J connectivity index is 2.85. The van der Waals surface area contributed by atoms with Gasteiger partial charge >= 0.3 is 0 Å². The summed E-state index contributed by atoms with van der Waals surface area (Å²) >= 11 is 0. The number of aromatic amines is 1. The Morgan fingerprint density at radius 3 is 2.69 bits per heavy atom. The van der Waals surface area contributed by atoms with E-state index in [1.165, 1.54) is 12.5 Å². The zero-order valence-electron chi connectivity index (χ0n) is 9.02. The number of hydrogen-bond donors (Lipinski definition) is 3. The molecule has 1 rings (SSSR count). The second kappa shape index (κ2) is 4.22. The van der Waals surface area contributed by atoms with E-state index >= 15 is 0 Å². The van der Waals surface area contributed by atoms with Crippen molar-refractivity contribution < 1.29 is 13.2 Å². The summed E-state index contributed by atoms with van der Waals surface area (Å²) < 4.78 is 25.9. The fourth-order valence-corrected chi connectivity index (χ4v) is 2.60. The van der Waals surface area contributed by atoms with Gasteiger partial charge in [0.15, 0.2) is 5.03 Å². The summed E-state index contributed by atoms with van der Waals surface area (Å²) in [5, 5.41) is -0.0509. The number of amides is 1. The van der Waals surface area contributed by atoms with E-state index in [0.29, 0.717) is 0 Å². The molecule has 16 heavy (non-hydrogen) atoms. The Bertz CT molecular complexity index is 463. The number of aromatic nitrogens is 2. The second-order valence-electron chi connectivity index (χ2n) is 4.05. The fourth-order valence-electron chi connectivity index (χ4n) is 1.28. The zero-order valence-corrected chi connectivity index (χ0v) is 9.84. The molecule has 1 heterocycles. The predicted octanol–water partition coefficient (Wildman–Crippen LogP) is -0.658. The SMILES string of the molecule is CC(C)(CC(N)=O)NS(=O)(=O)c1cnc[nH]1. The van der Waals surface area contributed by atoms with Crippen LogP contribution in [-0.2, 0) is 14.8 Å². The molecule has 0 aliphatic rings. The summed E-state index contributed by atoms with van der Waals surface area (Å²) in [5.41, 5.74) is 4.09. The average molecular weight is 246 g/mol. The van der Waals surface area contributed by atoms with Gasteiger partial charge in [-0.2, -0.15) is 0 Å². The molecule has 1 aromatic heterocycles. The molecule has 0 bridgehead atoms.